The van der Waals surface area contributed by atoms with Crippen LogP contribution in [-0.2, 0) is 10.2 Å². The maximum Gasteiger partial charge on any atom is 0.279 e. The molecule has 1 aliphatic rings. The lowest BCUT2D eigenvalue weighted by Crippen LogP contribution is -2.45. The zero-order chi connectivity index (χ0) is 15.0. The van der Waals surface area contributed by atoms with Crippen molar-refractivity contribution in [3.8, 4) is 0 Å². The van der Waals surface area contributed by atoms with Gasteiger partial charge in [0.2, 0.25) is 0 Å². The largest absolute Gasteiger partial charge is 0.396 e. The second kappa shape index (κ2) is 8.94. The Morgan fingerprint density at radius 1 is 1.25 bits per heavy atom. The van der Waals surface area contributed by atoms with Gasteiger partial charge in [-0.05, 0) is 44.8 Å². The van der Waals surface area contributed by atoms with E-state index in [4.69, 9.17) is 5.11 Å². The summed E-state index contributed by atoms with van der Waals surface area (Å²) in [5.74, 6) is 0.254. The van der Waals surface area contributed by atoms with E-state index in [0.29, 0.717) is 19.6 Å². The van der Waals surface area contributed by atoms with Crippen molar-refractivity contribution in [1.29, 1.82) is 0 Å². The molecule has 0 bridgehead atoms. The molecule has 1 rings (SSSR count). The predicted molar refractivity (Wildman–Crippen MR) is 80.7 cm³/mol. The van der Waals surface area contributed by atoms with Crippen molar-refractivity contribution >= 4 is 10.2 Å². The van der Waals surface area contributed by atoms with Gasteiger partial charge in [-0.1, -0.05) is 13.8 Å². The first kappa shape index (κ1) is 17.8. The molecule has 0 aliphatic carbocycles. The minimum atomic E-state index is -3.34. The average Bonchev–Trinajstić information content (AvgIpc) is 2.47. The standard InChI is InChI=1S/C13H29N3O3S/c1-3-15(4-2)9-5-8-14-20(18,19)16-10-6-13(12-17)7-11-16/h13-14,17H,3-12H2,1-2H3. The van der Waals surface area contributed by atoms with Gasteiger partial charge in [-0.3, -0.25) is 0 Å². The third kappa shape index (κ3) is 5.65. The van der Waals surface area contributed by atoms with E-state index in [1.807, 2.05) is 0 Å². The van der Waals surface area contributed by atoms with Crippen LogP contribution in [0.3, 0.4) is 0 Å². The molecule has 6 nitrogen and oxygen atoms in total. The average molecular weight is 307 g/mol. The lowest BCUT2D eigenvalue weighted by Gasteiger charge is -2.30. The summed E-state index contributed by atoms with van der Waals surface area (Å²) < 4.78 is 28.4. The summed E-state index contributed by atoms with van der Waals surface area (Å²) in [7, 11) is -3.34. The summed E-state index contributed by atoms with van der Waals surface area (Å²) in [6.45, 7) is 8.80. The third-order valence-electron chi connectivity index (χ3n) is 4.00. The van der Waals surface area contributed by atoms with Crippen LogP contribution in [0.1, 0.15) is 33.1 Å². The van der Waals surface area contributed by atoms with Gasteiger partial charge in [0.15, 0.2) is 0 Å². The van der Waals surface area contributed by atoms with Crippen LogP contribution in [0.25, 0.3) is 0 Å². The highest BCUT2D eigenvalue weighted by Crippen LogP contribution is 2.18. The molecule has 7 heteroatoms. The zero-order valence-electron chi connectivity index (χ0n) is 12.7. The maximum absolute atomic E-state index is 12.1. The quantitative estimate of drug-likeness (QED) is 0.599. The fraction of sp³-hybridized carbons (Fsp3) is 1.00. The SMILES string of the molecule is CCN(CC)CCCNS(=O)(=O)N1CCC(CO)CC1. The number of hydrogen-bond donors (Lipinski definition) is 2. The first-order chi connectivity index (χ1) is 9.53. The Labute approximate surface area is 123 Å². The molecule has 1 fully saturated rings. The molecular formula is C13H29N3O3S. The lowest BCUT2D eigenvalue weighted by molar-refractivity contribution is 0.169. The van der Waals surface area contributed by atoms with Gasteiger partial charge in [0, 0.05) is 26.2 Å². The fourth-order valence-electron chi connectivity index (χ4n) is 2.47. The van der Waals surface area contributed by atoms with Gasteiger partial charge in [-0.2, -0.15) is 12.7 Å². The number of nitrogens with zero attached hydrogens (tertiary/aromatic N) is 2. The molecule has 0 aromatic heterocycles. The Hall–Kier alpha value is -0.210. The van der Waals surface area contributed by atoms with Crippen LogP contribution in [0.15, 0.2) is 0 Å². The second-order valence-corrected chi connectivity index (χ2v) is 7.06. The Balaban J connectivity index is 2.28. The number of aliphatic hydroxyl groups excluding tert-OH is 1. The van der Waals surface area contributed by atoms with Crippen molar-refractivity contribution in [2.45, 2.75) is 33.1 Å². The fourth-order valence-corrected chi connectivity index (χ4v) is 3.74. The van der Waals surface area contributed by atoms with E-state index < -0.39 is 10.2 Å². The van der Waals surface area contributed by atoms with Gasteiger partial charge in [-0.25, -0.2) is 4.72 Å². The van der Waals surface area contributed by atoms with E-state index in [1.165, 1.54) is 4.31 Å². The second-order valence-electron chi connectivity index (χ2n) is 5.30. The Morgan fingerprint density at radius 2 is 1.85 bits per heavy atom. The molecule has 0 spiro atoms. The number of rotatable bonds is 9. The van der Waals surface area contributed by atoms with Crippen molar-refractivity contribution in [1.82, 2.24) is 13.9 Å². The van der Waals surface area contributed by atoms with Gasteiger partial charge in [0.25, 0.3) is 10.2 Å². The van der Waals surface area contributed by atoms with Gasteiger partial charge in [0.05, 0.1) is 0 Å². The molecule has 1 aliphatic heterocycles. The topological polar surface area (TPSA) is 72.9 Å². The summed E-state index contributed by atoms with van der Waals surface area (Å²) in [5, 5.41) is 9.06. The number of nitrogens with one attached hydrogen (secondary N) is 1. The normalized spacial score (nSPS) is 18.8. The highest BCUT2D eigenvalue weighted by molar-refractivity contribution is 7.87. The summed E-state index contributed by atoms with van der Waals surface area (Å²) >= 11 is 0. The van der Waals surface area contributed by atoms with Crippen molar-refractivity contribution in [2.24, 2.45) is 5.92 Å². The molecule has 120 valence electrons. The molecule has 0 unspecified atom stereocenters. The van der Waals surface area contributed by atoms with Gasteiger partial charge < -0.3 is 10.0 Å². The van der Waals surface area contributed by atoms with E-state index in [-0.39, 0.29) is 12.5 Å². The molecule has 0 amide bonds. The van der Waals surface area contributed by atoms with Crippen molar-refractivity contribution in [3.63, 3.8) is 0 Å². The minimum absolute atomic E-state index is 0.158. The van der Waals surface area contributed by atoms with Crippen LogP contribution >= 0.6 is 0 Å². The Morgan fingerprint density at radius 3 is 2.35 bits per heavy atom. The first-order valence-electron chi connectivity index (χ1n) is 7.61. The van der Waals surface area contributed by atoms with Gasteiger partial charge in [-0.15, -0.1) is 0 Å². The molecule has 2 N–H and O–H groups in total. The number of hydrogen-bond acceptors (Lipinski definition) is 4. The molecule has 0 atom stereocenters. The maximum atomic E-state index is 12.1. The Bertz CT molecular complexity index is 350. The van der Waals surface area contributed by atoms with Crippen molar-refractivity contribution in [3.05, 3.63) is 0 Å². The van der Waals surface area contributed by atoms with E-state index in [0.717, 1.165) is 38.9 Å². The molecule has 0 aromatic rings. The first-order valence-corrected chi connectivity index (χ1v) is 9.05. The summed E-state index contributed by atoms with van der Waals surface area (Å²) in [6, 6.07) is 0. The summed E-state index contributed by atoms with van der Waals surface area (Å²) in [5.41, 5.74) is 0. The highest BCUT2D eigenvalue weighted by Gasteiger charge is 2.27. The van der Waals surface area contributed by atoms with Gasteiger partial charge >= 0.3 is 0 Å². The van der Waals surface area contributed by atoms with Crippen LogP contribution in [0.4, 0.5) is 0 Å². The Kier molecular flexibility index (Phi) is 7.98. The van der Waals surface area contributed by atoms with Crippen LogP contribution in [-0.4, -0.2) is 68.6 Å². The van der Waals surface area contributed by atoms with Crippen LogP contribution in [0, 0.1) is 5.92 Å². The van der Waals surface area contributed by atoms with E-state index in [2.05, 4.69) is 23.5 Å². The van der Waals surface area contributed by atoms with E-state index in [9.17, 15) is 8.42 Å². The number of piperidine rings is 1. The highest BCUT2D eigenvalue weighted by atomic mass is 32.2. The third-order valence-corrected chi connectivity index (χ3v) is 5.62. The smallest absolute Gasteiger partial charge is 0.279 e. The molecule has 1 heterocycles. The molecule has 0 aromatic carbocycles. The summed E-state index contributed by atoms with van der Waals surface area (Å²) in [6.07, 6.45) is 2.32. The van der Waals surface area contributed by atoms with E-state index >= 15 is 0 Å². The zero-order valence-corrected chi connectivity index (χ0v) is 13.5. The van der Waals surface area contributed by atoms with E-state index in [1.54, 1.807) is 0 Å². The monoisotopic (exact) mass is 307 g/mol. The van der Waals surface area contributed by atoms with Crippen molar-refractivity contribution in [2.75, 3.05) is 45.9 Å². The predicted octanol–water partition coefficient (Wildman–Crippen LogP) is 0.257. The van der Waals surface area contributed by atoms with Crippen LogP contribution < -0.4 is 4.72 Å². The summed E-state index contributed by atoms with van der Waals surface area (Å²) in [4.78, 5) is 2.28. The van der Waals surface area contributed by atoms with Crippen molar-refractivity contribution < 1.29 is 13.5 Å². The molecule has 1 saturated heterocycles. The van der Waals surface area contributed by atoms with Crippen LogP contribution in [0.5, 0.6) is 0 Å². The number of aliphatic hydroxyl groups is 1. The van der Waals surface area contributed by atoms with Gasteiger partial charge in [0.1, 0.15) is 0 Å². The molecule has 0 saturated carbocycles. The molecular weight excluding hydrogens is 278 g/mol. The lowest BCUT2D eigenvalue weighted by atomic mass is 10.00. The molecule has 20 heavy (non-hydrogen) atoms. The molecule has 0 radical (unpaired) electrons. The minimum Gasteiger partial charge on any atom is -0.396 e. The van der Waals surface area contributed by atoms with Crippen LogP contribution in [0.2, 0.25) is 0 Å².